The Morgan fingerprint density at radius 2 is 2.00 bits per heavy atom. The van der Waals surface area contributed by atoms with E-state index in [9.17, 15) is 9.90 Å². The van der Waals surface area contributed by atoms with Crippen LogP contribution in [0.1, 0.15) is 59.3 Å². The number of ether oxygens (including phenoxy) is 1. The van der Waals surface area contributed by atoms with Crippen LogP contribution in [0.4, 0.5) is 0 Å². The molecule has 0 heterocycles. The lowest BCUT2D eigenvalue weighted by Crippen LogP contribution is -2.59. The lowest BCUT2D eigenvalue weighted by atomic mass is 9.44. The zero-order valence-electron chi connectivity index (χ0n) is 15.6. The Bertz CT molecular complexity index is 580. The van der Waals surface area contributed by atoms with Crippen LogP contribution in [0.5, 0.6) is 0 Å². The second kappa shape index (κ2) is 5.72. The van der Waals surface area contributed by atoms with Crippen molar-refractivity contribution in [1.29, 1.82) is 0 Å². The van der Waals surface area contributed by atoms with Crippen molar-refractivity contribution in [1.82, 2.24) is 0 Å². The molecule has 0 radical (unpaired) electrons. The highest BCUT2D eigenvalue weighted by Crippen LogP contribution is 2.64. The summed E-state index contributed by atoms with van der Waals surface area (Å²) >= 11 is 0. The maximum Gasteiger partial charge on any atom is 0.314 e. The number of carbonyl (C=O) groups is 1. The largest absolute Gasteiger partial charge is 0.469 e. The summed E-state index contributed by atoms with van der Waals surface area (Å²) in [5.74, 6) is 0.447. The molecule has 0 bridgehead atoms. The lowest BCUT2D eigenvalue weighted by molar-refractivity contribution is -0.187. The summed E-state index contributed by atoms with van der Waals surface area (Å²) in [6.45, 7) is 10.6. The first-order valence-electron chi connectivity index (χ1n) is 9.33. The van der Waals surface area contributed by atoms with Gasteiger partial charge < -0.3 is 9.84 Å². The first-order valence-corrected chi connectivity index (χ1v) is 9.33. The second-order valence-corrected chi connectivity index (χ2v) is 8.95. The fraction of sp³-hybridized carbons (Fsp3) is 0.762. The summed E-state index contributed by atoms with van der Waals surface area (Å²) in [5.41, 5.74) is 0.932. The Balaban J connectivity index is 2.01. The number of esters is 1. The molecule has 3 aliphatic carbocycles. The fourth-order valence-electron chi connectivity index (χ4n) is 6.09. The third kappa shape index (κ3) is 2.31. The molecular weight excluding hydrogens is 300 g/mol. The highest BCUT2D eigenvalue weighted by molar-refractivity contribution is 5.78. The van der Waals surface area contributed by atoms with Gasteiger partial charge in [0.2, 0.25) is 0 Å². The molecule has 3 nitrogen and oxygen atoms in total. The Morgan fingerprint density at radius 1 is 1.29 bits per heavy atom. The van der Waals surface area contributed by atoms with Gasteiger partial charge in [0, 0.05) is 5.41 Å². The summed E-state index contributed by atoms with van der Waals surface area (Å²) in [6, 6.07) is 0. The van der Waals surface area contributed by atoms with Crippen molar-refractivity contribution in [2.24, 2.45) is 28.1 Å². The number of methoxy groups -OCH3 is 1. The molecule has 0 saturated heterocycles. The monoisotopic (exact) mass is 332 g/mol. The SMILES string of the molecule is C=CC1(C)C=C2CCC3C(C)(CCC(O)C3(C)C(=O)OC)C2CC1. The molecule has 24 heavy (non-hydrogen) atoms. The van der Waals surface area contributed by atoms with Gasteiger partial charge in [-0.25, -0.2) is 0 Å². The highest BCUT2D eigenvalue weighted by Gasteiger charge is 2.62. The molecule has 0 spiro atoms. The maximum absolute atomic E-state index is 12.6. The van der Waals surface area contributed by atoms with Crippen molar-refractivity contribution in [3.63, 3.8) is 0 Å². The molecule has 3 aliphatic rings. The zero-order valence-corrected chi connectivity index (χ0v) is 15.6. The van der Waals surface area contributed by atoms with E-state index in [1.807, 2.05) is 6.92 Å². The van der Waals surface area contributed by atoms with Gasteiger partial charge in [0.25, 0.3) is 0 Å². The third-order valence-corrected chi connectivity index (χ3v) is 7.71. The molecule has 3 rings (SSSR count). The molecule has 0 aliphatic heterocycles. The minimum absolute atomic E-state index is 0.0642. The van der Waals surface area contributed by atoms with Crippen molar-refractivity contribution >= 4 is 5.97 Å². The predicted octanol–water partition coefficient (Wildman–Crippen LogP) is 4.27. The Hall–Kier alpha value is -1.09. The quantitative estimate of drug-likeness (QED) is 0.607. The molecule has 2 fully saturated rings. The van der Waals surface area contributed by atoms with Crippen LogP contribution in [0.2, 0.25) is 0 Å². The summed E-state index contributed by atoms with van der Waals surface area (Å²) in [5, 5.41) is 10.7. The van der Waals surface area contributed by atoms with Crippen molar-refractivity contribution in [2.75, 3.05) is 7.11 Å². The van der Waals surface area contributed by atoms with Crippen LogP contribution < -0.4 is 0 Å². The standard InChI is InChI=1S/C21H32O3/c1-6-19(2)11-9-15-14(13-19)7-8-16-20(15,3)12-10-17(22)21(16,4)18(23)24-5/h6,13,15-17,22H,1,7-12H2,2-5H3. The Kier molecular flexibility index (Phi) is 4.23. The topological polar surface area (TPSA) is 46.5 Å². The van der Waals surface area contributed by atoms with E-state index in [0.717, 1.165) is 32.1 Å². The molecule has 0 amide bonds. The van der Waals surface area contributed by atoms with Crippen LogP contribution in [-0.2, 0) is 9.53 Å². The summed E-state index contributed by atoms with van der Waals surface area (Å²) in [7, 11) is 1.44. The van der Waals surface area contributed by atoms with Crippen LogP contribution in [0.15, 0.2) is 24.3 Å². The highest BCUT2D eigenvalue weighted by atomic mass is 16.5. The van der Waals surface area contributed by atoms with E-state index in [1.54, 1.807) is 5.57 Å². The number of hydrogen-bond acceptors (Lipinski definition) is 3. The summed E-state index contributed by atoms with van der Waals surface area (Å²) in [4.78, 5) is 12.6. The number of aliphatic hydroxyl groups is 1. The molecule has 2 saturated carbocycles. The fourth-order valence-corrected chi connectivity index (χ4v) is 6.09. The number of rotatable bonds is 2. The van der Waals surface area contributed by atoms with Crippen LogP contribution >= 0.6 is 0 Å². The van der Waals surface area contributed by atoms with E-state index < -0.39 is 11.5 Å². The predicted molar refractivity (Wildman–Crippen MR) is 95.3 cm³/mol. The molecule has 6 atom stereocenters. The molecule has 134 valence electrons. The molecule has 3 heteroatoms. The van der Waals surface area contributed by atoms with Gasteiger partial charge in [-0.3, -0.25) is 4.79 Å². The van der Waals surface area contributed by atoms with E-state index in [1.165, 1.54) is 7.11 Å². The Labute approximate surface area is 146 Å². The average molecular weight is 332 g/mol. The average Bonchev–Trinajstić information content (AvgIpc) is 2.57. The number of aliphatic hydroxyl groups excluding tert-OH is 1. The van der Waals surface area contributed by atoms with E-state index in [-0.39, 0.29) is 22.7 Å². The van der Waals surface area contributed by atoms with Gasteiger partial charge in [0.15, 0.2) is 0 Å². The number of fused-ring (bicyclic) bond motifs is 3. The van der Waals surface area contributed by atoms with Crippen molar-refractivity contribution in [3.8, 4) is 0 Å². The third-order valence-electron chi connectivity index (χ3n) is 7.71. The van der Waals surface area contributed by atoms with Gasteiger partial charge in [0.05, 0.1) is 18.6 Å². The van der Waals surface area contributed by atoms with Gasteiger partial charge in [0.1, 0.15) is 0 Å². The van der Waals surface area contributed by atoms with Gasteiger partial charge in [-0.05, 0) is 62.7 Å². The second-order valence-electron chi connectivity index (χ2n) is 8.95. The molecule has 0 aromatic carbocycles. The Morgan fingerprint density at radius 3 is 2.62 bits per heavy atom. The zero-order chi connectivity index (χ0) is 17.8. The summed E-state index contributed by atoms with van der Waals surface area (Å²) < 4.78 is 5.12. The minimum atomic E-state index is -0.785. The first kappa shape index (κ1) is 17.7. The van der Waals surface area contributed by atoms with Crippen LogP contribution in [0.25, 0.3) is 0 Å². The normalized spacial score (nSPS) is 47.9. The van der Waals surface area contributed by atoms with Crippen LogP contribution in [0, 0.1) is 28.1 Å². The smallest absolute Gasteiger partial charge is 0.314 e. The van der Waals surface area contributed by atoms with Crippen LogP contribution in [0.3, 0.4) is 0 Å². The number of hydrogen-bond donors (Lipinski definition) is 1. The molecule has 0 aromatic rings. The van der Waals surface area contributed by atoms with Gasteiger partial charge in [-0.2, -0.15) is 0 Å². The van der Waals surface area contributed by atoms with Crippen molar-refractivity contribution in [2.45, 2.75) is 65.4 Å². The van der Waals surface area contributed by atoms with Gasteiger partial charge >= 0.3 is 5.97 Å². The van der Waals surface area contributed by atoms with E-state index >= 15 is 0 Å². The molecular formula is C21H32O3. The van der Waals surface area contributed by atoms with Crippen LogP contribution in [-0.4, -0.2) is 24.3 Å². The minimum Gasteiger partial charge on any atom is -0.469 e. The summed E-state index contributed by atoms with van der Waals surface area (Å²) in [6.07, 6.45) is 9.82. The maximum atomic E-state index is 12.6. The lowest BCUT2D eigenvalue weighted by Gasteiger charge is -2.60. The van der Waals surface area contributed by atoms with E-state index in [0.29, 0.717) is 12.3 Å². The van der Waals surface area contributed by atoms with Crippen molar-refractivity contribution in [3.05, 3.63) is 24.3 Å². The van der Waals surface area contributed by atoms with Crippen molar-refractivity contribution < 1.29 is 14.6 Å². The van der Waals surface area contributed by atoms with Gasteiger partial charge in [-0.1, -0.05) is 31.6 Å². The number of allylic oxidation sites excluding steroid dienone is 3. The molecule has 6 unspecified atom stereocenters. The van der Waals surface area contributed by atoms with E-state index in [4.69, 9.17) is 4.74 Å². The van der Waals surface area contributed by atoms with E-state index in [2.05, 4.69) is 32.6 Å². The van der Waals surface area contributed by atoms with Gasteiger partial charge in [-0.15, -0.1) is 6.58 Å². The number of carbonyl (C=O) groups excluding carboxylic acids is 1. The molecule has 0 aromatic heterocycles. The molecule has 1 N–H and O–H groups in total. The first-order chi connectivity index (χ1) is 11.2.